The van der Waals surface area contributed by atoms with Gasteiger partial charge >= 0.3 is 0 Å². The first kappa shape index (κ1) is 15.4. The van der Waals surface area contributed by atoms with Gasteiger partial charge in [0, 0.05) is 27.9 Å². The molecule has 0 aliphatic carbocycles. The standard InChI is InChI=1S/C19H12F3N3/c20-15-10-24-19(13-4-2-1-3-12(13)15)25-16-7-8-23-17-9-11(18(21)22)5-6-14(16)17/h1-10,18H,(H,23,24,25). The molecule has 25 heavy (non-hydrogen) atoms. The number of nitrogens with zero attached hydrogens (tertiary/aromatic N) is 2. The highest BCUT2D eigenvalue weighted by Crippen LogP contribution is 2.31. The van der Waals surface area contributed by atoms with E-state index in [1.165, 1.54) is 18.3 Å². The van der Waals surface area contributed by atoms with Gasteiger partial charge in [0.1, 0.15) is 11.6 Å². The molecule has 0 spiro atoms. The minimum absolute atomic E-state index is 0.0810. The number of nitrogens with one attached hydrogen (secondary N) is 1. The Hall–Kier alpha value is -3.15. The van der Waals surface area contributed by atoms with Gasteiger partial charge in [-0.15, -0.1) is 0 Å². The van der Waals surface area contributed by atoms with Crippen molar-refractivity contribution in [2.75, 3.05) is 5.32 Å². The van der Waals surface area contributed by atoms with Crippen LogP contribution in [0.3, 0.4) is 0 Å². The lowest BCUT2D eigenvalue weighted by atomic mass is 10.1. The summed E-state index contributed by atoms with van der Waals surface area (Å²) < 4.78 is 39.6. The van der Waals surface area contributed by atoms with E-state index in [0.29, 0.717) is 33.2 Å². The molecule has 124 valence electrons. The van der Waals surface area contributed by atoms with Crippen LogP contribution in [0, 0.1) is 5.82 Å². The van der Waals surface area contributed by atoms with Crippen molar-refractivity contribution < 1.29 is 13.2 Å². The Labute approximate surface area is 141 Å². The molecule has 0 fully saturated rings. The lowest BCUT2D eigenvalue weighted by Crippen LogP contribution is -1.98. The highest BCUT2D eigenvalue weighted by atomic mass is 19.3. The average Bonchev–Trinajstić information content (AvgIpc) is 2.64. The number of aromatic nitrogens is 2. The maximum absolute atomic E-state index is 13.9. The summed E-state index contributed by atoms with van der Waals surface area (Å²) in [7, 11) is 0. The van der Waals surface area contributed by atoms with Gasteiger partial charge in [-0.2, -0.15) is 0 Å². The molecule has 3 nitrogen and oxygen atoms in total. The third-order valence-electron chi connectivity index (χ3n) is 4.02. The van der Waals surface area contributed by atoms with Gasteiger partial charge < -0.3 is 5.32 Å². The number of hydrogen-bond donors (Lipinski definition) is 1. The van der Waals surface area contributed by atoms with Gasteiger partial charge in [-0.1, -0.05) is 36.4 Å². The number of pyridine rings is 2. The van der Waals surface area contributed by atoms with Crippen LogP contribution in [-0.2, 0) is 0 Å². The Balaban J connectivity index is 1.83. The number of halogens is 3. The Morgan fingerprint density at radius 3 is 2.48 bits per heavy atom. The van der Waals surface area contributed by atoms with Crippen molar-refractivity contribution in [2.45, 2.75) is 6.43 Å². The molecule has 1 N–H and O–H groups in total. The molecule has 0 aliphatic heterocycles. The van der Waals surface area contributed by atoms with Crippen molar-refractivity contribution in [3.05, 3.63) is 72.3 Å². The second-order valence-electron chi connectivity index (χ2n) is 5.56. The first-order valence-electron chi connectivity index (χ1n) is 7.60. The summed E-state index contributed by atoms with van der Waals surface area (Å²) in [4.78, 5) is 8.28. The molecule has 0 amide bonds. The van der Waals surface area contributed by atoms with E-state index in [1.54, 1.807) is 36.4 Å². The van der Waals surface area contributed by atoms with E-state index in [1.807, 2.05) is 0 Å². The fourth-order valence-electron chi connectivity index (χ4n) is 2.80. The lowest BCUT2D eigenvalue weighted by Gasteiger charge is -2.12. The largest absolute Gasteiger partial charge is 0.339 e. The summed E-state index contributed by atoms with van der Waals surface area (Å²) in [5.74, 6) is 0.0877. The van der Waals surface area contributed by atoms with Crippen molar-refractivity contribution in [1.29, 1.82) is 0 Å². The zero-order chi connectivity index (χ0) is 17.4. The third-order valence-corrected chi connectivity index (χ3v) is 4.02. The van der Waals surface area contributed by atoms with Crippen LogP contribution in [0.4, 0.5) is 24.7 Å². The molecule has 0 aliphatic rings. The molecule has 0 unspecified atom stereocenters. The number of anilines is 2. The van der Waals surface area contributed by atoms with Gasteiger partial charge in [-0.3, -0.25) is 4.98 Å². The number of alkyl halides is 2. The van der Waals surface area contributed by atoms with Crippen LogP contribution in [0.2, 0.25) is 0 Å². The quantitative estimate of drug-likeness (QED) is 0.528. The predicted molar refractivity (Wildman–Crippen MR) is 91.7 cm³/mol. The molecule has 2 aromatic carbocycles. The van der Waals surface area contributed by atoms with Crippen LogP contribution in [0.1, 0.15) is 12.0 Å². The van der Waals surface area contributed by atoms with Crippen LogP contribution in [0.15, 0.2) is 60.9 Å². The van der Waals surface area contributed by atoms with Crippen molar-refractivity contribution in [2.24, 2.45) is 0 Å². The molecule has 6 heteroatoms. The Morgan fingerprint density at radius 1 is 0.880 bits per heavy atom. The molecule has 0 bridgehead atoms. The Kier molecular flexibility index (Phi) is 3.72. The minimum atomic E-state index is -2.55. The number of benzene rings is 2. The molecule has 0 atom stereocenters. The maximum atomic E-state index is 13.9. The van der Waals surface area contributed by atoms with Gasteiger partial charge in [0.05, 0.1) is 17.4 Å². The molecule has 4 rings (SSSR count). The molecule has 4 aromatic rings. The summed E-state index contributed by atoms with van der Waals surface area (Å²) in [5, 5.41) is 4.94. The van der Waals surface area contributed by atoms with Crippen LogP contribution in [0.5, 0.6) is 0 Å². The van der Waals surface area contributed by atoms with Crippen molar-refractivity contribution >= 4 is 33.2 Å². The van der Waals surface area contributed by atoms with Crippen LogP contribution >= 0.6 is 0 Å². The molecule has 0 saturated heterocycles. The molecular formula is C19H12F3N3. The van der Waals surface area contributed by atoms with Crippen LogP contribution in [-0.4, -0.2) is 9.97 Å². The predicted octanol–water partition coefficient (Wildman–Crippen LogP) is 5.60. The molecule has 0 radical (unpaired) electrons. The Bertz CT molecular complexity index is 1080. The molecule has 2 aromatic heterocycles. The summed E-state index contributed by atoms with van der Waals surface area (Å²) in [5.41, 5.74) is 1.03. The maximum Gasteiger partial charge on any atom is 0.263 e. The van der Waals surface area contributed by atoms with Crippen LogP contribution < -0.4 is 5.32 Å². The second kappa shape index (κ2) is 6.05. The lowest BCUT2D eigenvalue weighted by molar-refractivity contribution is 0.151. The van der Waals surface area contributed by atoms with E-state index in [0.717, 1.165) is 6.20 Å². The summed E-state index contributed by atoms with van der Waals surface area (Å²) in [6, 6.07) is 13.1. The van der Waals surface area contributed by atoms with Gasteiger partial charge in [0.15, 0.2) is 0 Å². The number of rotatable bonds is 3. The van der Waals surface area contributed by atoms with E-state index >= 15 is 0 Å². The van der Waals surface area contributed by atoms with Gasteiger partial charge in [0.2, 0.25) is 0 Å². The highest BCUT2D eigenvalue weighted by molar-refractivity contribution is 5.98. The summed E-state index contributed by atoms with van der Waals surface area (Å²) in [6.45, 7) is 0. The zero-order valence-corrected chi connectivity index (χ0v) is 12.9. The van der Waals surface area contributed by atoms with Gasteiger partial charge in [-0.25, -0.2) is 18.2 Å². The first-order chi connectivity index (χ1) is 12.1. The van der Waals surface area contributed by atoms with E-state index in [-0.39, 0.29) is 5.56 Å². The van der Waals surface area contributed by atoms with E-state index in [9.17, 15) is 13.2 Å². The normalized spacial score (nSPS) is 11.4. The summed E-state index contributed by atoms with van der Waals surface area (Å²) >= 11 is 0. The Morgan fingerprint density at radius 2 is 1.68 bits per heavy atom. The topological polar surface area (TPSA) is 37.8 Å². The van der Waals surface area contributed by atoms with Crippen molar-refractivity contribution in [3.63, 3.8) is 0 Å². The van der Waals surface area contributed by atoms with Gasteiger partial charge in [0.25, 0.3) is 6.43 Å². The second-order valence-corrected chi connectivity index (χ2v) is 5.56. The molecule has 2 heterocycles. The monoisotopic (exact) mass is 339 g/mol. The number of fused-ring (bicyclic) bond motifs is 2. The first-order valence-corrected chi connectivity index (χ1v) is 7.60. The van der Waals surface area contributed by atoms with E-state index < -0.39 is 12.2 Å². The fraction of sp³-hybridized carbons (Fsp3) is 0.0526. The zero-order valence-electron chi connectivity index (χ0n) is 12.9. The fourth-order valence-corrected chi connectivity index (χ4v) is 2.80. The van der Waals surface area contributed by atoms with E-state index in [2.05, 4.69) is 15.3 Å². The smallest absolute Gasteiger partial charge is 0.263 e. The number of hydrogen-bond acceptors (Lipinski definition) is 3. The van der Waals surface area contributed by atoms with Crippen molar-refractivity contribution in [3.8, 4) is 0 Å². The van der Waals surface area contributed by atoms with Crippen LogP contribution in [0.25, 0.3) is 21.7 Å². The minimum Gasteiger partial charge on any atom is -0.339 e. The van der Waals surface area contributed by atoms with E-state index in [4.69, 9.17) is 0 Å². The van der Waals surface area contributed by atoms with Crippen molar-refractivity contribution in [1.82, 2.24) is 9.97 Å². The highest BCUT2D eigenvalue weighted by Gasteiger charge is 2.12. The third kappa shape index (κ3) is 2.76. The van der Waals surface area contributed by atoms with Gasteiger partial charge in [-0.05, 0) is 12.1 Å². The SMILES string of the molecule is Fc1cnc(Nc2ccnc3cc(C(F)F)ccc23)c2ccccc12. The average molecular weight is 339 g/mol. The molecular weight excluding hydrogens is 327 g/mol. The summed E-state index contributed by atoms with van der Waals surface area (Å²) in [6.07, 6.45) is 0.139. The molecule has 0 saturated carbocycles.